The largest absolute Gasteiger partial charge is 0.417 e. The Morgan fingerprint density at radius 3 is 2.54 bits per heavy atom. The number of hydrogen-bond donors (Lipinski definition) is 2. The quantitative estimate of drug-likeness (QED) is 0.490. The number of benzene rings is 1. The predicted molar refractivity (Wildman–Crippen MR) is 138 cm³/mol. The second-order valence-corrected chi connectivity index (χ2v) is 9.96. The fourth-order valence-corrected chi connectivity index (χ4v) is 4.70. The summed E-state index contributed by atoms with van der Waals surface area (Å²) in [6.45, 7) is 5.33. The van der Waals surface area contributed by atoms with Crippen molar-refractivity contribution < 1.29 is 22.8 Å². The molecule has 14 heteroatoms. The molecule has 1 aromatic carbocycles. The van der Waals surface area contributed by atoms with Crippen molar-refractivity contribution in [1.82, 2.24) is 29.3 Å². The van der Waals surface area contributed by atoms with E-state index < -0.39 is 40.2 Å². The van der Waals surface area contributed by atoms with Crippen LogP contribution in [0.25, 0.3) is 5.82 Å². The molecule has 0 bridgehead atoms. The maximum Gasteiger partial charge on any atom is 0.417 e. The number of alkyl halides is 3. The molecule has 0 aliphatic carbocycles. The minimum Gasteiger partial charge on any atom is -0.353 e. The molecule has 0 saturated heterocycles. The van der Waals surface area contributed by atoms with Gasteiger partial charge in [-0.05, 0) is 45.4 Å². The van der Waals surface area contributed by atoms with Crippen LogP contribution in [0.2, 0.25) is 5.02 Å². The van der Waals surface area contributed by atoms with Gasteiger partial charge in [-0.3, -0.25) is 14.4 Å². The number of hydrogen-bond acceptors (Lipinski definition) is 6. The number of nitrogens with zero attached hydrogens (tertiary/aromatic N) is 5. The van der Waals surface area contributed by atoms with E-state index in [9.17, 15) is 27.6 Å². The second-order valence-electron chi connectivity index (χ2n) is 9.56. The molecular weight excluding hydrogens is 539 g/mol. The zero-order valence-corrected chi connectivity index (χ0v) is 22.6. The molecule has 1 aliphatic rings. The van der Waals surface area contributed by atoms with Crippen LogP contribution in [0.4, 0.5) is 19.1 Å². The average Bonchev–Trinajstić information content (AvgIpc) is 3.23. The number of nitrogens with one attached hydrogen (secondary N) is 2. The molecule has 2 N–H and O–H groups in total. The molecule has 2 amide bonds. The van der Waals surface area contributed by atoms with Gasteiger partial charge in [0.15, 0.2) is 5.82 Å². The van der Waals surface area contributed by atoms with Crippen molar-refractivity contribution in [1.29, 1.82) is 0 Å². The lowest BCUT2D eigenvalue weighted by atomic mass is 9.98. The molecule has 10 nitrogen and oxygen atoms in total. The molecule has 1 atom stereocenters. The first kappa shape index (κ1) is 28.1. The van der Waals surface area contributed by atoms with E-state index >= 15 is 0 Å². The Kier molecular flexibility index (Phi) is 7.48. The summed E-state index contributed by atoms with van der Waals surface area (Å²) >= 11 is 5.72. The van der Waals surface area contributed by atoms with E-state index in [0.29, 0.717) is 17.1 Å². The van der Waals surface area contributed by atoms with Crippen LogP contribution in [0, 0.1) is 0 Å². The fourth-order valence-electron chi connectivity index (χ4n) is 4.47. The van der Waals surface area contributed by atoms with Gasteiger partial charge in [0.25, 0.3) is 17.4 Å². The summed E-state index contributed by atoms with van der Waals surface area (Å²) in [5.41, 5.74) is -0.996. The van der Waals surface area contributed by atoms with E-state index in [0.717, 1.165) is 12.1 Å². The third-order valence-electron chi connectivity index (χ3n) is 6.43. The smallest absolute Gasteiger partial charge is 0.353 e. The van der Waals surface area contributed by atoms with E-state index in [1.54, 1.807) is 14.0 Å². The lowest BCUT2D eigenvalue weighted by Gasteiger charge is -2.35. The van der Waals surface area contributed by atoms with Gasteiger partial charge in [-0.15, -0.1) is 0 Å². The van der Waals surface area contributed by atoms with Gasteiger partial charge < -0.3 is 20.1 Å². The van der Waals surface area contributed by atoms with Gasteiger partial charge in [-0.25, -0.2) is 14.5 Å². The summed E-state index contributed by atoms with van der Waals surface area (Å²) in [4.78, 5) is 49.5. The SMILES string of the molecule is CNC(=O)c1ncc(-n2c(NC(C)C)nc3c(c2=O)C[C@@H](C)N(C(=O)c2ccc(Cl)c(C(F)(F)F)c2)C3)n1C. The van der Waals surface area contributed by atoms with Crippen molar-refractivity contribution in [2.45, 2.75) is 52.0 Å². The van der Waals surface area contributed by atoms with Gasteiger partial charge in [-0.2, -0.15) is 13.2 Å². The number of rotatable bonds is 5. The van der Waals surface area contributed by atoms with Crippen LogP contribution in [0.15, 0.2) is 29.2 Å². The molecule has 3 heterocycles. The standard InChI is InChI=1S/C25H27ClF3N7O3/c1-12(2)32-24-33-18-11-35(22(38)14-6-7-17(26)16(9-14)25(27,28)29)13(3)8-15(18)23(39)36(24)19-10-31-20(34(19)5)21(37)30-4/h6-7,9-10,12-13H,8,11H2,1-5H3,(H,30,37)(H,32,33)/t13-/m1/s1. The Balaban J connectivity index is 1.78. The first-order chi connectivity index (χ1) is 18.2. The lowest BCUT2D eigenvalue weighted by molar-refractivity contribution is -0.137. The lowest BCUT2D eigenvalue weighted by Crippen LogP contribution is -2.46. The molecular formula is C25H27ClF3N7O3. The van der Waals surface area contributed by atoms with Crippen molar-refractivity contribution in [3.63, 3.8) is 0 Å². The average molecular weight is 566 g/mol. The fraction of sp³-hybridized carbons (Fsp3) is 0.400. The van der Waals surface area contributed by atoms with Crippen LogP contribution < -0.4 is 16.2 Å². The number of carbonyl (C=O) groups is 2. The van der Waals surface area contributed by atoms with Gasteiger partial charge in [0.1, 0.15) is 5.82 Å². The highest BCUT2D eigenvalue weighted by atomic mass is 35.5. The minimum atomic E-state index is -4.72. The van der Waals surface area contributed by atoms with Crippen molar-refractivity contribution in [2.24, 2.45) is 7.05 Å². The maximum absolute atomic E-state index is 13.8. The zero-order chi connectivity index (χ0) is 28.8. The Hall–Kier alpha value is -3.87. The molecule has 39 heavy (non-hydrogen) atoms. The summed E-state index contributed by atoms with van der Waals surface area (Å²) in [5, 5.41) is 5.12. The van der Waals surface area contributed by atoms with Crippen LogP contribution in [0.5, 0.6) is 0 Å². The van der Waals surface area contributed by atoms with E-state index in [2.05, 4.69) is 20.6 Å². The highest BCUT2D eigenvalue weighted by Gasteiger charge is 2.36. The van der Waals surface area contributed by atoms with Gasteiger partial charge in [-0.1, -0.05) is 11.6 Å². The molecule has 1 aliphatic heterocycles. The first-order valence-electron chi connectivity index (χ1n) is 12.1. The number of fused-ring (bicyclic) bond motifs is 1. The number of halogens is 4. The maximum atomic E-state index is 13.8. The Morgan fingerprint density at radius 2 is 1.92 bits per heavy atom. The van der Waals surface area contributed by atoms with E-state index in [4.69, 9.17) is 11.6 Å². The van der Waals surface area contributed by atoms with E-state index in [1.165, 1.54) is 33.3 Å². The Bertz CT molecular complexity index is 1510. The van der Waals surface area contributed by atoms with Gasteiger partial charge >= 0.3 is 6.18 Å². The molecule has 208 valence electrons. The third-order valence-corrected chi connectivity index (χ3v) is 6.76. The zero-order valence-electron chi connectivity index (χ0n) is 21.9. The number of carbonyl (C=O) groups excluding carboxylic acids is 2. The molecule has 0 saturated carbocycles. The summed E-state index contributed by atoms with van der Waals surface area (Å²) in [6.07, 6.45) is -3.21. The highest BCUT2D eigenvalue weighted by Crippen LogP contribution is 2.36. The normalized spacial score (nSPS) is 15.3. The molecule has 0 fully saturated rings. The van der Waals surface area contributed by atoms with Crippen LogP contribution in [-0.4, -0.2) is 54.9 Å². The number of amides is 2. The van der Waals surface area contributed by atoms with Crippen LogP contribution in [0.3, 0.4) is 0 Å². The Morgan fingerprint density at radius 1 is 1.23 bits per heavy atom. The van der Waals surface area contributed by atoms with Gasteiger partial charge in [0, 0.05) is 37.3 Å². The molecule has 2 aromatic heterocycles. The van der Waals surface area contributed by atoms with Crippen LogP contribution in [0.1, 0.15) is 58.6 Å². The van der Waals surface area contributed by atoms with Crippen LogP contribution >= 0.6 is 11.6 Å². The summed E-state index contributed by atoms with van der Waals surface area (Å²) in [5.74, 6) is -0.489. The van der Waals surface area contributed by atoms with Crippen molar-refractivity contribution in [3.05, 3.63) is 68.0 Å². The molecule has 0 unspecified atom stereocenters. The number of imidazole rings is 1. The first-order valence-corrected chi connectivity index (χ1v) is 12.5. The monoisotopic (exact) mass is 565 g/mol. The Labute approximate surface area is 226 Å². The molecule has 0 radical (unpaired) electrons. The van der Waals surface area contributed by atoms with Gasteiger partial charge in [0.05, 0.1) is 29.0 Å². The predicted octanol–water partition coefficient (Wildman–Crippen LogP) is 3.41. The summed E-state index contributed by atoms with van der Waals surface area (Å²) in [6, 6.07) is 2.36. The van der Waals surface area contributed by atoms with Gasteiger partial charge in [0.2, 0.25) is 5.95 Å². The van der Waals surface area contributed by atoms with Crippen molar-refractivity contribution in [3.8, 4) is 5.82 Å². The molecule has 0 spiro atoms. The van der Waals surface area contributed by atoms with Crippen molar-refractivity contribution in [2.75, 3.05) is 12.4 Å². The van der Waals surface area contributed by atoms with Crippen LogP contribution in [-0.2, 0) is 26.2 Å². The summed E-state index contributed by atoms with van der Waals surface area (Å²) < 4.78 is 42.9. The highest BCUT2D eigenvalue weighted by molar-refractivity contribution is 6.31. The third kappa shape index (κ3) is 5.22. The van der Waals surface area contributed by atoms with E-state index in [1.807, 2.05) is 13.8 Å². The topological polar surface area (TPSA) is 114 Å². The number of aromatic nitrogens is 4. The van der Waals surface area contributed by atoms with Crippen molar-refractivity contribution >= 4 is 29.4 Å². The van der Waals surface area contributed by atoms with E-state index in [-0.39, 0.29) is 36.3 Å². The minimum absolute atomic E-state index is 0.0863. The second kappa shape index (κ2) is 10.4. The number of anilines is 1. The summed E-state index contributed by atoms with van der Waals surface area (Å²) in [7, 11) is 3.07. The molecule has 3 aromatic rings. The molecule has 4 rings (SSSR count).